The van der Waals surface area contributed by atoms with Crippen LogP contribution < -0.4 is 10.6 Å². The maximum Gasteiger partial charge on any atom is 0.171 e. The van der Waals surface area contributed by atoms with Crippen LogP contribution in [-0.2, 0) is 6.54 Å². The van der Waals surface area contributed by atoms with Crippen LogP contribution in [0.4, 0.5) is 10.1 Å². The highest BCUT2D eigenvalue weighted by molar-refractivity contribution is 7.80. The van der Waals surface area contributed by atoms with Crippen molar-refractivity contribution in [3.05, 3.63) is 63.9 Å². The van der Waals surface area contributed by atoms with E-state index < -0.39 is 0 Å². The second-order valence-electron chi connectivity index (χ2n) is 4.04. The quantitative estimate of drug-likeness (QED) is 0.804. The zero-order chi connectivity index (χ0) is 14.5. The highest BCUT2D eigenvalue weighted by atomic mass is 35.5. The number of anilines is 1. The molecule has 2 rings (SSSR count). The van der Waals surface area contributed by atoms with Crippen molar-refractivity contribution in [2.24, 2.45) is 0 Å². The molecule has 0 aromatic heterocycles. The van der Waals surface area contributed by atoms with Crippen molar-refractivity contribution in [2.75, 3.05) is 5.32 Å². The van der Waals surface area contributed by atoms with E-state index in [1.54, 1.807) is 30.3 Å². The maximum atomic E-state index is 13.4. The summed E-state index contributed by atoms with van der Waals surface area (Å²) in [5.74, 6) is -0.355. The Hall–Kier alpha value is -1.36. The van der Waals surface area contributed by atoms with Gasteiger partial charge in [0.05, 0.1) is 15.7 Å². The van der Waals surface area contributed by atoms with E-state index >= 15 is 0 Å². The van der Waals surface area contributed by atoms with E-state index in [0.29, 0.717) is 27.4 Å². The van der Waals surface area contributed by atoms with Gasteiger partial charge < -0.3 is 10.6 Å². The minimum atomic E-state index is -0.355. The molecular weight excluding hydrogens is 318 g/mol. The van der Waals surface area contributed by atoms with E-state index in [9.17, 15) is 4.39 Å². The predicted octanol–water partition coefficient (Wildman–Crippen LogP) is 4.62. The Morgan fingerprint density at radius 3 is 2.55 bits per heavy atom. The third kappa shape index (κ3) is 4.07. The molecule has 2 aromatic rings. The second kappa shape index (κ2) is 6.88. The molecule has 20 heavy (non-hydrogen) atoms. The van der Waals surface area contributed by atoms with Crippen molar-refractivity contribution >= 4 is 46.2 Å². The summed E-state index contributed by atoms with van der Waals surface area (Å²) in [5.41, 5.74) is 1.26. The van der Waals surface area contributed by atoms with Crippen LogP contribution in [0.15, 0.2) is 42.5 Å². The molecule has 2 nitrogen and oxygen atoms in total. The van der Waals surface area contributed by atoms with Gasteiger partial charge in [-0.25, -0.2) is 4.39 Å². The van der Waals surface area contributed by atoms with Crippen molar-refractivity contribution in [1.82, 2.24) is 5.32 Å². The lowest BCUT2D eigenvalue weighted by molar-refractivity contribution is 0.632. The van der Waals surface area contributed by atoms with E-state index in [-0.39, 0.29) is 5.82 Å². The third-order valence-corrected chi connectivity index (χ3v) is 3.54. The van der Waals surface area contributed by atoms with Crippen molar-refractivity contribution < 1.29 is 4.39 Å². The summed E-state index contributed by atoms with van der Waals surface area (Å²) < 4.78 is 13.4. The normalized spacial score (nSPS) is 10.2. The first kappa shape index (κ1) is 15.0. The molecule has 104 valence electrons. The molecule has 0 saturated heterocycles. The summed E-state index contributed by atoms with van der Waals surface area (Å²) in [6.07, 6.45) is 0. The predicted molar refractivity (Wildman–Crippen MR) is 85.9 cm³/mol. The summed E-state index contributed by atoms with van der Waals surface area (Å²) in [7, 11) is 0. The molecule has 0 unspecified atom stereocenters. The van der Waals surface area contributed by atoms with Crippen LogP contribution in [0.1, 0.15) is 5.56 Å². The number of hydrogen-bond acceptors (Lipinski definition) is 1. The molecule has 2 N–H and O–H groups in total. The fraction of sp³-hybridized carbons (Fsp3) is 0.0714. The van der Waals surface area contributed by atoms with E-state index in [0.717, 1.165) is 5.56 Å². The van der Waals surface area contributed by atoms with Crippen molar-refractivity contribution in [3.63, 3.8) is 0 Å². The summed E-state index contributed by atoms with van der Waals surface area (Å²) in [5, 5.41) is 7.09. The molecule has 0 bridgehead atoms. The summed E-state index contributed by atoms with van der Waals surface area (Å²) in [6, 6.07) is 11.6. The highest BCUT2D eigenvalue weighted by Crippen LogP contribution is 2.22. The standard InChI is InChI=1S/C14H11Cl2FN2S/c15-10-6-5-9(7-11(10)16)8-18-14(20)19-13-4-2-1-3-12(13)17/h1-7H,8H2,(H2,18,19,20). The second-order valence-corrected chi connectivity index (χ2v) is 5.26. The average Bonchev–Trinajstić information content (AvgIpc) is 2.43. The monoisotopic (exact) mass is 328 g/mol. The zero-order valence-electron chi connectivity index (χ0n) is 10.3. The maximum absolute atomic E-state index is 13.4. The van der Waals surface area contributed by atoms with Crippen LogP contribution in [-0.4, -0.2) is 5.11 Å². The number of benzene rings is 2. The minimum Gasteiger partial charge on any atom is -0.358 e. The van der Waals surface area contributed by atoms with Gasteiger partial charge in [0, 0.05) is 6.54 Å². The Labute approximate surface area is 131 Å². The number of nitrogens with one attached hydrogen (secondary N) is 2. The molecule has 0 aliphatic heterocycles. The first-order valence-electron chi connectivity index (χ1n) is 5.79. The zero-order valence-corrected chi connectivity index (χ0v) is 12.6. The molecular formula is C14H11Cl2FN2S. The van der Waals surface area contributed by atoms with E-state index in [4.69, 9.17) is 35.4 Å². The lowest BCUT2D eigenvalue weighted by Gasteiger charge is -2.11. The largest absolute Gasteiger partial charge is 0.358 e. The third-order valence-electron chi connectivity index (χ3n) is 2.56. The summed E-state index contributed by atoms with van der Waals surface area (Å²) >= 11 is 16.9. The summed E-state index contributed by atoms with van der Waals surface area (Å²) in [6.45, 7) is 0.469. The Morgan fingerprint density at radius 1 is 1.10 bits per heavy atom. The van der Waals surface area contributed by atoms with Gasteiger partial charge in [0.15, 0.2) is 5.11 Å². The highest BCUT2D eigenvalue weighted by Gasteiger charge is 2.04. The SMILES string of the molecule is Fc1ccccc1NC(=S)NCc1ccc(Cl)c(Cl)c1. The lowest BCUT2D eigenvalue weighted by Crippen LogP contribution is -2.28. The Morgan fingerprint density at radius 2 is 1.85 bits per heavy atom. The van der Waals surface area contributed by atoms with Gasteiger partial charge in [-0.1, -0.05) is 41.4 Å². The molecule has 0 radical (unpaired) electrons. The van der Waals surface area contributed by atoms with Gasteiger partial charge in [0.2, 0.25) is 0 Å². The van der Waals surface area contributed by atoms with Gasteiger partial charge in [-0.15, -0.1) is 0 Å². The molecule has 0 atom stereocenters. The van der Waals surface area contributed by atoms with Gasteiger partial charge in [0.1, 0.15) is 5.82 Å². The minimum absolute atomic E-state index is 0.333. The molecule has 6 heteroatoms. The van der Waals surface area contributed by atoms with Crippen molar-refractivity contribution in [1.29, 1.82) is 0 Å². The molecule has 0 amide bonds. The average molecular weight is 329 g/mol. The molecule has 0 spiro atoms. The molecule has 0 saturated carbocycles. The summed E-state index contributed by atoms with van der Waals surface area (Å²) in [4.78, 5) is 0. The molecule has 0 aliphatic carbocycles. The van der Waals surface area contributed by atoms with E-state index in [2.05, 4.69) is 10.6 Å². The first-order chi connectivity index (χ1) is 9.56. The van der Waals surface area contributed by atoms with Gasteiger partial charge in [-0.2, -0.15) is 0 Å². The van der Waals surface area contributed by atoms with Gasteiger partial charge >= 0.3 is 0 Å². The number of thiocarbonyl (C=S) groups is 1. The van der Waals surface area contributed by atoms with Crippen LogP contribution in [0, 0.1) is 5.82 Å². The van der Waals surface area contributed by atoms with Crippen molar-refractivity contribution in [3.8, 4) is 0 Å². The van der Waals surface area contributed by atoms with Crippen LogP contribution in [0.25, 0.3) is 0 Å². The van der Waals surface area contributed by atoms with Crippen LogP contribution in [0.3, 0.4) is 0 Å². The molecule has 0 aliphatic rings. The molecule has 0 fully saturated rings. The smallest absolute Gasteiger partial charge is 0.171 e. The Bertz CT molecular complexity index is 634. The number of rotatable bonds is 3. The number of halogens is 3. The fourth-order valence-corrected chi connectivity index (χ4v) is 2.06. The lowest BCUT2D eigenvalue weighted by atomic mass is 10.2. The fourth-order valence-electron chi connectivity index (χ4n) is 1.56. The number of hydrogen-bond donors (Lipinski definition) is 2. The first-order valence-corrected chi connectivity index (χ1v) is 6.96. The number of para-hydroxylation sites is 1. The Kier molecular flexibility index (Phi) is 5.17. The van der Waals surface area contributed by atoms with Crippen LogP contribution in [0.2, 0.25) is 10.0 Å². The van der Waals surface area contributed by atoms with E-state index in [1.165, 1.54) is 6.07 Å². The molecule has 2 aromatic carbocycles. The molecule has 0 heterocycles. The van der Waals surface area contributed by atoms with Gasteiger partial charge in [-0.3, -0.25) is 0 Å². The Balaban J connectivity index is 1.92. The van der Waals surface area contributed by atoms with E-state index in [1.807, 2.05) is 6.07 Å². The topological polar surface area (TPSA) is 24.1 Å². The van der Waals surface area contributed by atoms with Gasteiger partial charge in [-0.05, 0) is 42.0 Å². The van der Waals surface area contributed by atoms with Gasteiger partial charge in [0.25, 0.3) is 0 Å². The van der Waals surface area contributed by atoms with Crippen LogP contribution in [0.5, 0.6) is 0 Å². The van der Waals surface area contributed by atoms with Crippen LogP contribution >= 0.6 is 35.4 Å². The van der Waals surface area contributed by atoms with Crippen molar-refractivity contribution in [2.45, 2.75) is 6.54 Å².